The van der Waals surface area contributed by atoms with E-state index in [0.717, 1.165) is 5.56 Å². The average molecular weight is 304 g/mol. The maximum absolute atomic E-state index is 12.2. The molecule has 2 unspecified atom stereocenters. The molecule has 1 aromatic rings. The molecule has 1 aliphatic carbocycles. The molecule has 1 aliphatic heterocycles. The van der Waals surface area contributed by atoms with Crippen molar-refractivity contribution in [1.29, 1.82) is 0 Å². The highest BCUT2D eigenvalue weighted by atomic mass is 16.6. The lowest BCUT2D eigenvalue weighted by molar-refractivity contribution is 0.0154. The lowest BCUT2D eigenvalue weighted by Crippen LogP contribution is -2.37. The normalized spacial score (nSPS) is 31.2. The van der Waals surface area contributed by atoms with Crippen LogP contribution in [0.3, 0.4) is 0 Å². The van der Waals surface area contributed by atoms with E-state index in [4.69, 9.17) is 4.74 Å². The number of fused-ring (bicyclic) bond motifs is 1. The van der Waals surface area contributed by atoms with Gasteiger partial charge in [0.25, 0.3) is 0 Å². The van der Waals surface area contributed by atoms with Gasteiger partial charge in [0.2, 0.25) is 0 Å². The van der Waals surface area contributed by atoms with Gasteiger partial charge in [-0.25, -0.2) is 4.79 Å². The first-order chi connectivity index (χ1) is 10.3. The van der Waals surface area contributed by atoms with Crippen LogP contribution in [0, 0.1) is 11.8 Å². The van der Waals surface area contributed by atoms with E-state index in [9.17, 15) is 9.90 Å². The lowest BCUT2D eigenvalue weighted by atomic mass is 9.92. The Morgan fingerprint density at radius 1 is 1.36 bits per heavy atom. The van der Waals surface area contributed by atoms with Gasteiger partial charge in [-0.2, -0.15) is 0 Å². The number of ether oxygens (including phenoxy) is 1. The van der Waals surface area contributed by atoms with Crippen molar-refractivity contribution < 1.29 is 14.6 Å². The Labute approximate surface area is 131 Å². The molecule has 5 heteroatoms. The molecule has 2 atom stereocenters. The van der Waals surface area contributed by atoms with Gasteiger partial charge in [0.15, 0.2) is 0 Å². The summed E-state index contributed by atoms with van der Waals surface area (Å²) >= 11 is 0. The fourth-order valence-corrected chi connectivity index (χ4v) is 3.70. The molecule has 1 N–H and O–H groups in total. The molecule has 3 rings (SSSR count). The summed E-state index contributed by atoms with van der Waals surface area (Å²) < 4.78 is 5.44. The first-order valence-corrected chi connectivity index (χ1v) is 7.88. The molecule has 5 nitrogen and oxygen atoms in total. The van der Waals surface area contributed by atoms with Crippen LogP contribution in [0.15, 0.2) is 24.5 Å². The molecule has 2 fully saturated rings. The first kappa shape index (κ1) is 15.3. The van der Waals surface area contributed by atoms with Crippen molar-refractivity contribution in [1.82, 2.24) is 9.88 Å². The summed E-state index contributed by atoms with van der Waals surface area (Å²) in [5.41, 5.74) is -0.386. The molecular formula is C17H24N2O3. The number of nitrogens with zero attached hydrogens (tertiary/aromatic N) is 2. The second-order valence-electron chi connectivity index (χ2n) is 7.59. The number of aliphatic hydroxyl groups is 1. The third kappa shape index (κ3) is 2.95. The first-order valence-electron chi connectivity index (χ1n) is 7.88. The second kappa shape index (κ2) is 5.23. The van der Waals surface area contributed by atoms with Crippen LogP contribution in [0.25, 0.3) is 0 Å². The van der Waals surface area contributed by atoms with Crippen molar-refractivity contribution in [3.8, 4) is 0 Å². The smallest absolute Gasteiger partial charge is 0.410 e. The minimum absolute atomic E-state index is 0.244. The summed E-state index contributed by atoms with van der Waals surface area (Å²) in [7, 11) is 0. The Morgan fingerprint density at radius 2 is 2.00 bits per heavy atom. The van der Waals surface area contributed by atoms with Gasteiger partial charge in [-0.1, -0.05) is 6.07 Å². The van der Waals surface area contributed by atoms with Crippen LogP contribution >= 0.6 is 0 Å². The van der Waals surface area contributed by atoms with Crippen LogP contribution in [0.2, 0.25) is 0 Å². The molecular weight excluding hydrogens is 280 g/mol. The summed E-state index contributed by atoms with van der Waals surface area (Å²) in [5, 5.41) is 10.9. The molecule has 0 spiro atoms. The van der Waals surface area contributed by atoms with Gasteiger partial charge < -0.3 is 14.7 Å². The highest BCUT2D eigenvalue weighted by Crippen LogP contribution is 2.48. The third-order valence-electron chi connectivity index (χ3n) is 4.63. The topological polar surface area (TPSA) is 62.7 Å². The van der Waals surface area contributed by atoms with Gasteiger partial charge in [0.05, 0.1) is 5.60 Å². The van der Waals surface area contributed by atoms with Gasteiger partial charge in [0, 0.05) is 31.0 Å². The maximum Gasteiger partial charge on any atom is 0.410 e. The third-order valence-corrected chi connectivity index (χ3v) is 4.63. The van der Waals surface area contributed by atoms with Crippen LogP contribution in [0.5, 0.6) is 0 Å². The molecule has 0 bridgehead atoms. The fourth-order valence-electron chi connectivity index (χ4n) is 3.70. The van der Waals surface area contributed by atoms with Gasteiger partial charge in [0.1, 0.15) is 5.60 Å². The summed E-state index contributed by atoms with van der Waals surface area (Å²) in [5.74, 6) is 0.662. The van der Waals surface area contributed by atoms with Crippen molar-refractivity contribution in [2.45, 2.75) is 44.8 Å². The van der Waals surface area contributed by atoms with Crippen LogP contribution in [0.4, 0.5) is 4.79 Å². The van der Waals surface area contributed by atoms with Crippen molar-refractivity contribution >= 4 is 6.09 Å². The number of rotatable bonds is 1. The van der Waals surface area contributed by atoms with E-state index in [0.29, 0.717) is 37.8 Å². The summed E-state index contributed by atoms with van der Waals surface area (Å²) in [6.07, 6.45) is 4.58. The number of pyridine rings is 1. The Kier molecular flexibility index (Phi) is 3.63. The van der Waals surface area contributed by atoms with Crippen LogP contribution in [-0.4, -0.2) is 39.8 Å². The van der Waals surface area contributed by atoms with Crippen LogP contribution in [0.1, 0.15) is 39.2 Å². The van der Waals surface area contributed by atoms with Crippen molar-refractivity contribution in [2.24, 2.45) is 11.8 Å². The molecule has 1 amide bonds. The van der Waals surface area contributed by atoms with E-state index in [2.05, 4.69) is 4.98 Å². The van der Waals surface area contributed by atoms with Gasteiger partial charge >= 0.3 is 6.09 Å². The minimum atomic E-state index is -0.802. The number of amides is 1. The number of aromatic nitrogens is 1. The predicted molar refractivity (Wildman–Crippen MR) is 82.2 cm³/mol. The quantitative estimate of drug-likeness (QED) is 0.866. The van der Waals surface area contributed by atoms with Crippen molar-refractivity contribution in [3.05, 3.63) is 30.1 Å². The zero-order valence-electron chi connectivity index (χ0n) is 13.5. The van der Waals surface area contributed by atoms with E-state index >= 15 is 0 Å². The van der Waals surface area contributed by atoms with Crippen molar-refractivity contribution in [3.63, 3.8) is 0 Å². The average Bonchev–Trinajstić information content (AvgIpc) is 2.93. The predicted octanol–water partition coefficient (Wildman–Crippen LogP) is 2.55. The SMILES string of the molecule is CC(C)(C)OC(=O)N1CC2CC(O)(c3cccnc3)CC2C1. The van der Waals surface area contributed by atoms with Gasteiger partial charge in [-0.05, 0) is 51.5 Å². The zero-order chi connectivity index (χ0) is 16.0. The molecule has 1 saturated carbocycles. The monoisotopic (exact) mass is 304 g/mol. The highest BCUT2D eigenvalue weighted by Gasteiger charge is 2.50. The standard InChI is InChI=1S/C17H24N2O3/c1-16(2,3)22-15(20)19-10-12-7-17(21,8-13(12)11-19)14-5-4-6-18-9-14/h4-6,9,12-13,21H,7-8,10-11H2,1-3H3. The Bertz CT molecular complexity index is 539. The second-order valence-corrected chi connectivity index (χ2v) is 7.59. The number of likely N-dealkylation sites (tertiary alicyclic amines) is 1. The maximum atomic E-state index is 12.2. The molecule has 0 radical (unpaired) electrons. The highest BCUT2D eigenvalue weighted by molar-refractivity contribution is 5.68. The van der Waals surface area contributed by atoms with E-state index in [1.807, 2.05) is 32.9 Å². The summed E-state index contributed by atoms with van der Waals surface area (Å²) in [6, 6.07) is 3.79. The largest absolute Gasteiger partial charge is 0.444 e. The molecule has 2 heterocycles. The number of carbonyl (C=O) groups is 1. The Hall–Kier alpha value is -1.62. The fraction of sp³-hybridized carbons (Fsp3) is 0.647. The summed E-state index contributed by atoms with van der Waals surface area (Å²) in [4.78, 5) is 18.0. The number of hydrogen-bond donors (Lipinski definition) is 1. The Balaban J connectivity index is 1.64. The minimum Gasteiger partial charge on any atom is -0.444 e. The number of hydrogen-bond acceptors (Lipinski definition) is 4. The van der Waals surface area contributed by atoms with E-state index < -0.39 is 11.2 Å². The molecule has 22 heavy (non-hydrogen) atoms. The van der Waals surface area contributed by atoms with Crippen molar-refractivity contribution in [2.75, 3.05) is 13.1 Å². The van der Waals surface area contributed by atoms with Crippen LogP contribution < -0.4 is 0 Å². The van der Waals surface area contributed by atoms with E-state index in [1.165, 1.54) is 0 Å². The van der Waals surface area contributed by atoms with Gasteiger partial charge in [-0.3, -0.25) is 4.98 Å². The zero-order valence-corrected chi connectivity index (χ0v) is 13.5. The molecule has 2 aliphatic rings. The molecule has 120 valence electrons. The van der Waals surface area contributed by atoms with E-state index in [-0.39, 0.29) is 6.09 Å². The van der Waals surface area contributed by atoms with E-state index in [1.54, 1.807) is 17.3 Å². The lowest BCUT2D eigenvalue weighted by Gasteiger charge is -2.28. The number of carbonyl (C=O) groups excluding carboxylic acids is 1. The van der Waals surface area contributed by atoms with Crippen LogP contribution in [-0.2, 0) is 10.3 Å². The molecule has 0 aromatic carbocycles. The molecule has 1 aromatic heterocycles. The summed E-state index contributed by atoms with van der Waals surface area (Å²) in [6.45, 7) is 6.97. The van der Waals surface area contributed by atoms with Gasteiger partial charge in [-0.15, -0.1) is 0 Å². The Morgan fingerprint density at radius 3 is 2.50 bits per heavy atom. The molecule has 1 saturated heterocycles.